The van der Waals surface area contributed by atoms with Crippen molar-refractivity contribution in [3.05, 3.63) is 83.4 Å². The molecule has 0 atom stereocenters. The lowest BCUT2D eigenvalue weighted by atomic mass is 10.2. The van der Waals surface area contributed by atoms with Crippen LogP contribution in [0, 0.1) is 0 Å². The number of rotatable bonds is 7. The fourth-order valence-corrected chi connectivity index (χ4v) is 2.49. The molecule has 0 spiro atoms. The number of carbonyl (C=O) groups excluding carboxylic acids is 1. The summed E-state index contributed by atoms with van der Waals surface area (Å²) in [6, 6.07) is 18.4. The van der Waals surface area contributed by atoms with Crippen LogP contribution in [0.1, 0.15) is 21.5 Å². The Morgan fingerprint density at radius 1 is 0.800 bits per heavy atom. The van der Waals surface area contributed by atoms with E-state index < -0.39 is 5.97 Å². The molecule has 0 saturated carbocycles. The first-order valence-electron chi connectivity index (χ1n) is 8.99. The number of carbonyl (C=O) groups is 1. The zero-order chi connectivity index (χ0) is 21.3. The van der Waals surface area contributed by atoms with Crippen molar-refractivity contribution >= 4 is 18.4 Å². The van der Waals surface area contributed by atoms with E-state index in [0.717, 1.165) is 11.1 Å². The number of esters is 1. The molecular weight excluding hydrogens is 384 g/mol. The number of hydrogen-bond acceptors (Lipinski definition) is 7. The molecule has 3 aromatic carbocycles. The zero-order valence-electron chi connectivity index (χ0n) is 16.5. The highest BCUT2D eigenvalue weighted by molar-refractivity contribution is 5.91. The van der Waals surface area contributed by atoms with Crippen LogP contribution in [0.25, 0.3) is 0 Å². The van der Waals surface area contributed by atoms with E-state index in [0.29, 0.717) is 22.8 Å². The molecule has 1 N–H and O–H groups in total. The van der Waals surface area contributed by atoms with E-state index in [4.69, 9.17) is 14.2 Å². The number of ether oxygens (including phenoxy) is 3. The zero-order valence-corrected chi connectivity index (χ0v) is 16.5. The highest BCUT2D eigenvalue weighted by atomic mass is 16.5. The first-order chi connectivity index (χ1) is 14.6. The van der Waals surface area contributed by atoms with Gasteiger partial charge in [-0.25, -0.2) is 4.79 Å². The van der Waals surface area contributed by atoms with Crippen molar-refractivity contribution in [3.63, 3.8) is 0 Å². The summed E-state index contributed by atoms with van der Waals surface area (Å²) in [4.78, 5) is 12.2. The van der Waals surface area contributed by atoms with E-state index in [1.165, 1.54) is 13.2 Å². The first-order valence-corrected chi connectivity index (χ1v) is 8.99. The van der Waals surface area contributed by atoms with Crippen molar-refractivity contribution in [2.45, 2.75) is 0 Å². The number of phenols is 1. The highest BCUT2D eigenvalue weighted by Crippen LogP contribution is 2.25. The largest absolute Gasteiger partial charge is 0.504 e. The molecule has 0 unspecified atom stereocenters. The van der Waals surface area contributed by atoms with Crippen molar-refractivity contribution in [2.24, 2.45) is 10.2 Å². The van der Waals surface area contributed by atoms with Crippen LogP contribution in [0.5, 0.6) is 23.0 Å². The molecule has 0 fully saturated rings. The maximum Gasteiger partial charge on any atom is 0.343 e. The molecule has 30 heavy (non-hydrogen) atoms. The molecule has 0 aliphatic heterocycles. The van der Waals surface area contributed by atoms with Gasteiger partial charge in [-0.3, -0.25) is 0 Å². The minimum atomic E-state index is -0.451. The predicted octanol–water partition coefficient (Wildman–Crippen LogP) is 4.08. The molecule has 3 aromatic rings. The standard InChI is InChI=1S/C23H20N2O5/c1-28-19-10-6-18(7-11-19)23(27)30-20-8-3-16(4-9-20)14-24-25-15-17-5-12-21(26)22(13-17)29-2/h3-15,26H,1-2H3/b24-14+,25-15+. The molecule has 0 aliphatic rings. The molecule has 0 saturated heterocycles. The fourth-order valence-electron chi connectivity index (χ4n) is 2.49. The van der Waals surface area contributed by atoms with Crippen molar-refractivity contribution in [1.82, 2.24) is 0 Å². The monoisotopic (exact) mass is 404 g/mol. The summed E-state index contributed by atoms with van der Waals surface area (Å²) in [6.45, 7) is 0. The number of hydrogen-bond donors (Lipinski definition) is 1. The van der Waals surface area contributed by atoms with Gasteiger partial charge < -0.3 is 19.3 Å². The molecule has 0 bridgehead atoms. The van der Waals surface area contributed by atoms with Crippen LogP contribution in [0.2, 0.25) is 0 Å². The summed E-state index contributed by atoms with van der Waals surface area (Å²) >= 11 is 0. The molecule has 0 radical (unpaired) electrons. The van der Waals surface area contributed by atoms with Crippen LogP contribution in [-0.2, 0) is 0 Å². The third kappa shape index (κ3) is 5.45. The molecule has 7 nitrogen and oxygen atoms in total. The third-order valence-electron chi connectivity index (χ3n) is 4.10. The molecule has 7 heteroatoms. The number of aromatic hydroxyl groups is 1. The summed E-state index contributed by atoms with van der Waals surface area (Å²) in [5.74, 6) is 1.07. The molecule has 0 aromatic heterocycles. The van der Waals surface area contributed by atoms with Crippen molar-refractivity contribution in [1.29, 1.82) is 0 Å². The maximum absolute atomic E-state index is 12.2. The highest BCUT2D eigenvalue weighted by Gasteiger charge is 2.08. The van der Waals surface area contributed by atoms with Crippen LogP contribution in [0.15, 0.2) is 76.9 Å². The quantitative estimate of drug-likeness (QED) is 0.277. The second-order valence-electron chi connectivity index (χ2n) is 6.11. The molecule has 0 amide bonds. The van der Waals surface area contributed by atoms with Gasteiger partial charge in [-0.2, -0.15) is 10.2 Å². The van der Waals surface area contributed by atoms with Gasteiger partial charge in [0.25, 0.3) is 0 Å². The smallest absolute Gasteiger partial charge is 0.343 e. The summed E-state index contributed by atoms with van der Waals surface area (Å²) < 4.78 is 15.5. The number of methoxy groups -OCH3 is 2. The minimum Gasteiger partial charge on any atom is -0.504 e. The average Bonchev–Trinajstić information content (AvgIpc) is 2.78. The molecule has 0 aliphatic carbocycles. The van der Waals surface area contributed by atoms with E-state index in [1.54, 1.807) is 80.2 Å². The predicted molar refractivity (Wildman–Crippen MR) is 114 cm³/mol. The van der Waals surface area contributed by atoms with E-state index in [-0.39, 0.29) is 5.75 Å². The number of nitrogens with zero attached hydrogens (tertiary/aromatic N) is 2. The van der Waals surface area contributed by atoms with Gasteiger partial charge in [-0.1, -0.05) is 0 Å². The second kappa shape index (κ2) is 9.88. The maximum atomic E-state index is 12.2. The van der Waals surface area contributed by atoms with Crippen LogP contribution in [0.4, 0.5) is 0 Å². The van der Waals surface area contributed by atoms with Gasteiger partial charge in [-0.15, -0.1) is 0 Å². The Hall–Kier alpha value is -4.13. The summed E-state index contributed by atoms with van der Waals surface area (Å²) in [6.07, 6.45) is 3.12. The molecule has 3 rings (SSSR count). The van der Waals surface area contributed by atoms with Crippen molar-refractivity contribution < 1.29 is 24.1 Å². The van der Waals surface area contributed by atoms with Crippen LogP contribution in [-0.4, -0.2) is 37.7 Å². The van der Waals surface area contributed by atoms with Gasteiger partial charge in [0.15, 0.2) is 11.5 Å². The van der Waals surface area contributed by atoms with Crippen LogP contribution in [0.3, 0.4) is 0 Å². The van der Waals surface area contributed by atoms with E-state index in [2.05, 4.69) is 10.2 Å². The Morgan fingerprint density at radius 3 is 2.03 bits per heavy atom. The van der Waals surface area contributed by atoms with Crippen molar-refractivity contribution in [2.75, 3.05) is 14.2 Å². The van der Waals surface area contributed by atoms with Crippen LogP contribution >= 0.6 is 0 Å². The Bertz CT molecular complexity index is 1060. The third-order valence-corrected chi connectivity index (χ3v) is 4.10. The normalized spacial score (nSPS) is 11.0. The SMILES string of the molecule is COc1ccc(C(=O)Oc2ccc(/C=N/N=C/c3ccc(O)c(OC)c3)cc2)cc1. The Kier molecular flexibility index (Phi) is 6.78. The van der Waals surface area contributed by atoms with Gasteiger partial charge in [0, 0.05) is 0 Å². The lowest BCUT2D eigenvalue weighted by Crippen LogP contribution is -2.08. The topological polar surface area (TPSA) is 89.7 Å². The fraction of sp³-hybridized carbons (Fsp3) is 0.0870. The van der Waals surface area contributed by atoms with Crippen LogP contribution < -0.4 is 14.2 Å². The first kappa shape index (κ1) is 20.6. The Morgan fingerprint density at radius 2 is 1.40 bits per heavy atom. The van der Waals surface area contributed by atoms with Gasteiger partial charge in [0.1, 0.15) is 11.5 Å². The second-order valence-corrected chi connectivity index (χ2v) is 6.11. The molecular formula is C23H20N2O5. The molecule has 152 valence electrons. The van der Waals surface area contributed by atoms with E-state index in [9.17, 15) is 9.90 Å². The Balaban J connectivity index is 1.57. The summed E-state index contributed by atoms with van der Waals surface area (Å²) in [7, 11) is 3.04. The number of phenolic OH excluding ortho intramolecular Hbond substituents is 1. The summed E-state index contributed by atoms with van der Waals surface area (Å²) in [5.41, 5.74) is 1.96. The van der Waals surface area contributed by atoms with E-state index >= 15 is 0 Å². The average molecular weight is 404 g/mol. The van der Waals surface area contributed by atoms with Gasteiger partial charge in [0.2, 0.25) is 0 Å². The van der Waals surface area contributed by atoms with Gasteiger partial charge >= 0.3 is 5.97 Å². The lowest BCUT2D eigenvalue weighted by Gasteiger charge is -2.05. The Labute approximate surface area is 173 Å². The minimum absolute atomic E-state index is 0.0610. The van der Waals surface area contributed by atoms with E-state index in [1.807, 2.05) is 0 Å². The van der Waals surface area contributed by atoms with Gasteiger partial charge in [-0.05, 0) is 77.9 Å². The van der Waals surface area contributed by atoms with Crippen molar-refractivity contribution in [3.8, 4) is 23.0 Å². The summed E-state index contributed by atoms with van der Waals surface area (Å²) in [5, 5.41) is 17.6. The molecule has 0 heterocycles. The number of benzene rings is 3. The lowest BCUT2D eigenvalue weighted by molar-refractivity contribution is 0.0734. The van der Waals surface area contributed by atoms with Gasteiger partial charge in [0.05, 0.1) is 32.2 Å².